The maximum absolute atomic E-state index is 5.92. The molecule has 0 bridgehead atoms. The van der Waals surface area contributed by atoms with Crippen molar-refractivity contribution in [1.29, 1.82) is 0 Å². The van der Waals surface area contributed by atoms with Crippen molar-refractivity contribution >= 4 is 0 Å². The second-order valence-electron chi connectivity index (χ2n) is 6.69. The van der Waals surface area contributed by atoms with Gasteiger partial charge in [0.1, 0.15) is 0 Å². The Morgan fingerprint density at radius 2 is 2.14 bits per heavy atom. The normalized spacial score (nSPS) is 30.1. The summed E-state index contributed by atoms with van der Waals surface area (Å²) >= 11 is 0. The summed E-state index contributed by atoms with van der Waals surface area (Å²) in [6.45, 7) is 3.20. The predicted octanol–water partition coefficient (Wildman–Crippen LogP) is 3.90. The predicted molar refractivity (Wildman–Crippen MR) is 87.7 cm³/mol. The summed E-state index contributed by atoms with van der Waals surface area (Å²) in [6, 6.07) is 9.67. The number of aryl methyl sites for hydroxylation is 1. The fourth-order valence-corrected chi connectivity index (χ4v) is 4.46. The van der Waals surface area contributed by atoms with Gasteiger partial charge in [-0.1, -0.05) is 31.2 Å². The first-order valence-electron chi connectivity index (χ1n) is 8.70. The van der Waals surface area contributed by atoms with Crippen LogP contribution in [-0.2, 0) is 11.2 Å². The van der Waals surface area contributed by atoms with E-state index >= 15 is 0 Å². The van der Waals surface area contributed by atoms with Gasteiger partial charge >= 0.3 is 0 Å². The fourth-order valence-electron chi connectivity index (χ4n) is 4.46. The highest BCUT2D eigenvalue weighted by molar-refractivity contribution is 5.32. The number of rotatable bonds is 5. The maximum Gasteiger partial charge on any atom is 0.0616 e. The molecule has 1 saturated heterocycles. The van der Waals surface area contributed by atoms with E-state index in [0.29, 0.717) is 18.1 Å². The van der Waals surface area contributed by atoms with E-state index in [0.717, 1.165) is 18.9 Å². The van der Waals surface area contributed by atoms with Gasteiger partial charge < -0.3 is 10.1 Å². The topological polar surface area (TPSA) is 21.3 Å². The molecule has 0 amide bonds. The summed E-state index contributed by atoms with van der Waals surface area (Å²) in [5.74, 6) is 1.42. The van der Waals surface area contributed by atoms with Crippen molar-refractivity contribution < 1.29 is 4.74 Å². The molecule has 1 N–H and O–H groups in total. The lowest BCUT2D eigenvalue weighted by molar-refractivity contribution is 0.0762. The van der Waals surface area contributed by atoms with Crippen molar-refractivity contribution in [3.8, 4) is 0 Å². The van der Waals surface area contributed by atoms with Crippen LogP contribution in [0.2, 0.25) is 0 Å². The zero-order valence-corrected chi connectivity index (χ0v) is 13.5. The standard InChI is InChI=1S/C19H29NO/c1-3-19-17(11-12-21-19)18(20-2)13-15-9-6-8-14-7-4-5-10-16(14)15/h4-5,7,10,15,17-20H,3,6,8-9,11-13H2,1-2H3. The molecule has 0 radical (unpaired) electrons. The van der Waals surface area contributed by atoms with E-state index in [2.05, 4.69) is 43.6 Å². The third-order valence-corrected chi connectivity index (χ3v) is 5.58. The molecule has 2 heteroatoms. The summed E-state index contributed by atoms with van der Waals surface area (Å²) in [6.07, 6.45) is 8.04. The summed E-state index contributed by atoms with van der Waals surface area (Å²) in [7, 11) is 2.13. The van der Waals surface area contributed by atoms with Crippen molar-refractivity contribution in [3.63, 3.8) is 0 Å². The minimum absolute atomic E-state index is 0.460. The van der Waals surface area contributed by atoms with Gasteiger partial charge in [0, 0.05) is 18.6 Å². The lowest BCUT2D eigenvalue weighted by Crippen LogP contribution is -2.39. The van der Waals surface area contributed by atoms with E-state index in [-0.39, 0.29) is 0 Å². The molecule has 2 nitrogen and oxygen atoms in total. The lowest BCUT2D eigenvalue weighted by Gasteiger charge is -2.33. The van der Waals surface area contributed by atoms with Crippen LogP contribution in [0.3, 0.4) is 0 Å². The second-order valence-corrected chi connectivity index (χ2v) is 6.69. The van der Waals surface area contributed by atoms with Crippen LogP contribution in [0.5, 0.6) is 0 Å². The van der Waals surface area contributed by atoms with Crippen LogP contribution in [-0.4, -0.2) is 25.8 Å². The summed E-state index contributed by atoms with van der Waals surface area (Å²) in [4.78, 5) is 0. The Hall–Kier alpha value is -0.860. The van der Waals surface area contributed by atoms with Crippen LogP contribution in [0.15, 0.2) is 24.3 Å². The molecule has 3 rings (SSSR count). The average molecular weight is 287 g/mol. The molecule has 2 aliphatic rings. The van der Waals surface area contributed by atoms with E-state index in [1.807, 2.05) is 0 Å². The molecule has 0 aromatic heterocycles. The van der Waals surface area contributed by atoms with Crippen molar-refractivity contribution in [3.05, 3.63) is 35.4 Å². The van der Waals surface area contributed by atoms with Crippen molar-refractivity contribution in [2.75, 3.05) is 13.7 Å². The Balaban J connectivity index is 1.73. The molecular formula is C19H29NO. The number of benzene rings is 1. The van der Waals surface area contributed by atoms with Gasteiger partial charge in [-0.05, 0) is 62.6 Å². The lowest BCUT2D eigenvalue weighted by atomic mass is 9.76. The molecule has 4 unspecified atom stereocenters. The van der Waals surface area contributed by atoms with Gasteiger partial charge in [0.15, 0.2) is 0 Å². The quantitative estimate of drug-likeness (QED) is 0.887. The number of hydrogen-bond acceptors (Lipinski definition) is 2. The van der Waals surface area contributed by atoms with Crippen LogP contribution >= 0.6 is 0 Å². The Labute approximate surface area is 129 Å². The van der Waals surface area contributed by atoms with Crippen LogP contribution in [0, 0.1) is 5.92 Å². The largest absolute Gasteiger partial charge is 0.378 e. The SMILES string of the molecule is CCC1OCCC1C(CC1CCCc2ccccc21)NC. The van der Waals surface area contributed by atoms with Crippen LogP contribution in [0.1, 0.15) is 56.1 Å². The van der Waals surface area contributed by atoms with Gasteiger partial charge in [0.25, 0.3) is 0 Å². The first-order valence-corrected chi connectivity index (χ1v) is 8.70. The van der Waals surface area contributed by atoms with Gasteiger partial charge in [-0.25, -0.2) is 0 Å². The Morgan fingerprint density at radius 1 is 1.29 bits per heavy atom. The van der Waals surface area contributed by atoms with Gasteiger partial charge in [0.05, 0.1) is 6.10 Å². The summed E-state index contributed by atoms with van der Waals surface area (Å²) < 4.78 is 5.92. The second kappa shape index (κ2) is 6.93. The molecule has 1 aromatic carbocycles. The molecule has 1 aromatic rings. The van der Waals surface area contributed by atoms with Gasteiger partial charge in [-0.3, -0.25) is 0 Å². The highest BCUT2D eigenvalue weighted by Crippen LogP contribution is 2.38. The zero-order valence-electron chi connectivity index (χ0n) is 13.5. The van der Waals surface area contributed by atoms with E-state index in [4.69, 9.17) is 4.74 Å². The molecule has 1 aliphatic heterocycles. The molecule has 0 spiro atoms. The maximum atomic E-state index is 5.92. The Kier molecular flexibility index (Phi) is 4.97. The molecule has 1 aliphatic carbocycles. The monoisotopic (exact) mass is 287 g/mol. The van der Waals surface area contributed by atoms with Gasteiger partial charge in [0.2, 0.25) is 0 Å². The third kappa shape index (κ3) is 3.17. The minimum Gasteiger partial charge on any atom is -0.378 e. The number of ether oxygens (including phenoxy) is 1. The minimum atomic E-state index is 0.460. The first-order chi connectivity index (χ1) is 10.3. The molecule has 21 heavy (non-hydrogen) atoms. The molecule has 116 valence electrons. The van der Waals surface area contributed by atoms with Crippen LogP contribution in [0.25, 0.3) is 0 Å². The Bertz CT molecular complexity index is 459. The molecule has 4 atom stereocenters. The Morgan fingerprint density at radius 3 is 2.95 bits per heavy atom. The van der Waals surface area contributed by atoms with Crippen molar-refractivity contribution in [2.24, 2.45) is 5.92 Å². The van der Waals surface area contributed by atoms with E-state index in [1.54, 1.807) is 11.1 Å². The molecule has 1 fully saturated rings. The van der Waals surface area contributed by atoms with Gasteiger partial charge in [-0.2, -0.15) is 0 Å². The summed E-state index contributed by atoms with van der Waals surface area (Å²) in [5, 5.41) is 3.61. The fraction of sp³-hybridized carbons (Fsp3) is 0.684. The highest BCUT2D eigenvalue weighted by atomic mass is 16.5. The molecular weight excluding hydrogens is 258 g/mol. The van der Waals surface area contributed by atoms with Crippen molar-refractivity contribution in [1.82, 2.24) is 5.32 Å². The van der Waals surface area contributed by atoms with Crippen molar-refractivity contribution in [2.45, 2.75) is 63.5 Å². The van der Waals surface area contributed by atoms with E-state index in [9.17, 15) is 0 Å². The molecule has 0 saturated carbocycles. The molecule has 1 heterocycles. The number of nitrogens with one attached hydrogen (secondary N) is 1. The van der Waals surface area contributed by atoms with E-state index < -0.39 is 0 Å². The number of hydrogen-bond donors (Lipinski definition) is 1. The smallest absolute Gasteiger partial charge is 0.0616 e. The highest BCUT2D eigenvalue weighted by Gasteiger charge is 2.34. The number of fused-ring (bicyclic) bond motifs is 1. The summed E-state index contributed by atoms with van der Waals surface area (Å²) in [5.41, 5.74) is 3.19. The van der Waals surface area contributed by atoms with Gasteiger partial charge in [-0.15, -0.1) is 0 Å². The van der Waals surface area contributed by atoms with Crippen LogP contribution in [0.4, 0.5) is 0 Å². The average Bonchev–Trinajstić information content (AvgIpc) is 3.01. The van der Waals surface area contributed by atoms with Crippen LogP contribution < -0.4 is 5.32 Å². The third-order valence-electron chi connectivity index (χ3n) is 5.58. The zero-order chi connectivity index (χ0) is 14.7. The first kappa shape index (κ1) is 15.1. The van der Waals surface area contributed by atoms with E-state index in [1.165, 1.54) is 32.1 Å².